The highest BCUT2D eigenvalue weighted by Gasteiger charge is 2.09. The number of hydrogen-bond acceptors (Lipinski definition) is 4. The van der Waals surface area contributed by atoms with Gasteiger partial charge < -0.3 is 4.57 Å². The van der Waals surface area contributed by atoms with Crippen molar-refractivity contribution in [3.8, 4) is 0 Å². The van der Waals surface area contributed by atoms with Crippen LogP contribution in [0.15, 0.2) is 34.8 Å². The summed E-state index contributed by atoms with van der Waals surface area (Å²) < 4.78 is 2.17. The molecule has 0 bridgehead atoms. The smallest absolute Gasteiger partial charge is 0.269 e. The van der Waals surface area contributed by atoms with Crippen molar-refractivity contribution in [2.75, 3.05) is 0 Å². The fourth-order valence-electron chi connectivity index (χ4n) is 2.33. The van der Waals surface area contributed by atoms with Gasteiger partial charge in [-0.05, 0) is 24.5 Å². The summed E-state index contributed by atoms with van der Waals surface area (Å²) in [5.41, 5.74) is 1.70. The standard InChI is InChI=1S/C16H21N3O2S/c1-4-13(5-2)11-18-8-9-22-16(18)17-15-7-6-14(19(20)21)10-12(15)3/h6-10,13H,4-5,11H2,1-3H3. The number of aromatic nitrogens is 1. The van der Waals surface area contributed by atoms with E-state index in [4.69, 9.17) is 0 Å². The number of nitrogens with zero attached hydrogens (tertiary/aromatic N) is 3. The maximum Gasteiger partial charge on any atom is 0.269 e. The molecule has 0 aliphatic rings. The molecule has 0 unspecified atom stereocenters. The van der Waals surface area contributed by atoms with Crippen LogP contribution in [0, 0.1) is 23.0 Å². The molecule has 2 aromatic rings. The first-order valence-electron chi connectivity index (χ1n) is 7.48. The van der Waals surface area contributed by atoms with E-state index in [1.54, 1.807) is 23.5 Å². The van der Waals surface area contributed by atoms with Gasteiger partial charge in [-0.15, -0.1) is 11.3 Å². The third kappa shape index (κ3) is 3.82. The van der Waals surface area contributed by atoms with Crippen molar-refractivity contribution in [1.82, 2.24) is 4.57 Å². The molecule has 1 aromatic carbocycles. The van der Waals surface area contributed by atoms with E-state index in [9.17, 15) is 10.1 Å². The van der Waals surface area contributed by atoms with E-state index in [2.05, 4.69) is 29.6 Å². The van der Waals surface area contributed by atoms with Crippen molar-refractivity contribution in [3.05, 3.63) is 50.3 Å². The van der Waals surface area contributed by atoms with Crippen LogP contribution in [0.25, 0.3) is 0 Å². The van der Waals surface area contributed by atoms with Crippen molar-refractivity contribution >= 4 is 22.7 Å². The Kier molecular flexibility index (Phi) is 5.49. The molecule has 0 fully saturated rings. The molecule has 22 heavy (non-hydrogen) atoms. The van der Waals surface area contributed by atoms with Crippen LogP contribution in [0.5, 0.6) is 0 Å². The van der Waals surface area contributed by atoms with E-state index in [1.165, 1.54) is 6.07 Å². The Labute approximate surface area is 134 Å². The second kappa shape index (κ2) is 7.35. The van der Waals surface area contributed by atoms with Gasteiger partial charge in [0.15, 0.2) is 4.80 Å². The van der Waals surface area contributed by atoms with Gasteiger partial charge in [-0.25, -0.2) is 4.99 Å². The fraction of sp³-hybridized carbons (Fsp3) is 0.438. The second-order valence-electron chi connectivity index (χ2n) is 5.36. The molecule has 0 N–H and O–H groups in total. The number of rotatable bonds is 6. The molecule has 2 rings (SSSR count). The van der Waals surface area contributed by atoms with Crippen LogP contribution in [0.1, 0.15) is 32.3 Å². The molecule has 0 saturated heterocycles. The molecule has 0 radical (unpaired) electrons. The molecule has 0 spiro atoms. The molecule has 0 aliphatic heterocycles. The van der Waals surface area contributed by atoms with Gasteiger partial charge in [-0.2, -0.15) is 0 Å². The Morgan fingerprint density at radius 3 is 2.68 bits per heavy atom. The van der Waals surface area contributed by atoms with Crippen molar-refractivity contribution in [1.29, 1.82) is 0 Å². The van der Waals surface area contributed by atoms with Crippen LogP contribution in [0.2, 0.25) is 0 Å². The van der Waals surface area contributed by atoms with E-state index in [-0.39, 0.29) is 10.6 Å². The highest BCUT2D eigenvalue weighted by atomic mass is 32.1. The highest BCUT2D eigenvalue weighted by Crippen LogP contribution is 2.23. The van der Waals surface area contributed by atoms with Gasteiger partial charge in [0.05, 0.1) is 10.6 Å². The SMILES string of the molecule is CCC(CC)Cn1ccsc1=Nc1ccc([N+](=O)[O-])cc1C. The number of aryl methyl sites for hydroxylation is 1. The van der Waals surface area contributed by atoms with E-state index in [0.29, 0.717) is 5.92 Å². The summed E-state index contributed by atoms with van der Waals surface area (Å²) in [6.07, 6.45) is 4.35. The number of thiazole rings is 1. The molecular weight excluding hydrogens is 298 g/mol. The van der Waals surface area contributed by atoms with Gasteiger partial charge in [0, 0.05) is 30.3 Å². The first-order valence-corrected chi connectivity index (χ1v) is 8.36. The van der Waals surface area contributed by atoms with Gasteiger partial charge in [-0.1, -0.05) is 26.7 Å². The van der Waals surface area contributed by atoms with Gasteiger partial charge >= 0.3 is 0 Å². The van der Waals surface area contributed by atoms with Gasteiger partial charge in [0.25, 0.3) is 5.69 Å². The van der Waals surface area contributed by atoms with Crippen molar-refractivity contribution < 1.29 is 4.92 Å². The first-order chi connectivity index (χ1) is 10.5. The predicted molar refractivity (Wildman–Crippen MR) is 89.4 cm³/mol. The lowest BCUT2D eigenvalue weighted by atomic mass is 10.0. The molecule has 0 saturated carbocycles. The fourth-order valence-corrected chi connectivity index (χ4v) is 3.08. The van der Waals surface area contributed by atoms with Crippen LogP contribution < -0.4 is 4.80 Å². The van der Waals surface area contributed by atoms with Crippen LogP contribution in [0.3, 0.4) is 0 Å². The molecule has 0 aliphatic carbocycles. The maximum absolute atomic E-state index is 10.8. The largest absolute Gasteiger partial charge is 0.323 e. The summed E-state index contributed by atoms with van der Waals surface area (Å²) in [5, 5.41) is 12.8. The molecular formula is C16H21N3O2S. The van der Waals surface area contributed by atoms with Crippen molar-refractivity contribution in [3.63, 3.8) is 0 Å². The summed E-state index contributed by atoms with van der Waals surface area (Å²) in [6, 6.07) is 4.79. The van der Waals surface area contributed by atoms with Crippen LogP contribution in [-0.2, 0) is 6.54 Å². The van der Waals surface area contributed by atoms with Crippen LogP contribution in [0.4, 0.5) is 11.4 Å². The molecule has 0 atom stereocenters. The molecule has 6 heteroatoms. The van der Waals surface area contributed by atoms with Crippen LogP contribution >= 0.6 is 11.3 Å². The summed E-state index contributed by atoms with van der Waals surface area (Å²) >= 11 is 1.59. The summed E-state index contributed by atoms with van der Waals surface area (Å²) in [7, 11) is 0. The Bertz CT molecular complexity index is 714. The van der Waals surface area contributed by atoms with Crippen molar-refractivity contribution in [2.45, 2.75) is 40.2 Å². The second-order valence-corrected chi connectivity index (χ2v) is 6.23. The number of benzene rings is 1. The lowest BCUT2D eigenvalue weighted by Gasteiger charge is -2.12. The molecule has 5 nitrogen and oxygen atoms in total. The zero-order valence-electron chi connectivity index (χ0n) is 13.2. The average molecular weight is 319 g/mol. The predicted octanol–water partition coefficient (Wildman–Crippen LogP) is 4.43. The minimum atomic E-state index is -0.380. The topological polar surface area (TPSA) is 60.4 Å². The Morgan fingerprint density at radius 2 is 2.09 bits per heavy atom. The van der Waals surface area contributed by atoms with E-state index in [0.717, 1.165) is 35.4 Å². The minimum absolute atomic E-state index is 0.104. The Hall–Kier alpha value is -1.95. The Morgan fingerprint density at radius 1 is 1.36 bits per heavy atom. The summed E-state index contributed by atoms with van der Waals surface area (Å²) in [6.45, 7) is 7.23. The third-order valence-electron chi connectivity index (χ3n) is 3.88. The zero-order chi connectivity index (χ0) is 16.1. The molecule has 0 amide bonds. The first kappa shape index (κ1) is 16.4. The number of non-ortho nitro benzene ring substituents is 1. The number of hydrogen-bond donors (Lipinski definition) is 0. The van der Waals surface area contributed by atoms with Gasteiger partial charge in [0.2, 0.25) is 0 Å². The highest BCUT2D eigenvalue weighted by molar-refractivity contribution is 7.07. The van der Waals surface area contributed by atoms with Crippen LogP contribution in [-0.4, -0.2) is 9.49 Å². The van der Waals surface area contributed by atoms with E-state index >= 15 is 0 Å². The van der Waals surface area contributed by atoms with Gasteiger partial charge in [-0.3, -0.25) is 10.1 Å². The molecule has 1 heterocycles. The lowest BCUT2D eigenvalue weighted by Crippen LogP contribution is -2.19. The molecule has 118 valence electrons. The van der Waals surface area contributed by atoms with E-state index in [1.807, 2.05) is 12.3 Å². The molecule has 1 aromatic heterocycles. The number of nitro benzene ring substituents is 1. The summed E-state index contributed by atoms with van der Waals surface area (Å²) in [5.74, 6) is 0.645. The quantitative estimate of drug-likeness (QED) is 0.584. The Balaban J connectivity index is 2.34. The normalized spacial score (nSPS) is 12.1. The van der Waals surface area contributed by atoms with Crippen molar-refractivity contribution in [2.24, 2.45) is 10.9 Å². The third-order valence-corrected chi connectivity index (χ3v) is 4.67. The van der Waals surface area contributed by atoms with Gasteiger partial charge in [0.1, 0.15) is 0 Å². The van der Waals surface area contributed by atoms with E-state index < -0.39 is 0 Å². The monoisotopic (exact) mass is 319 g/mol. The zero-order valence-corrected chi connectivity index (χ0v) is 14.0. The maximum atomic E-state index is 10.8. The minimum Gasteiger partial charge on any atom is -0.323 e. The summed E-state index contributed by atoms with van der Waals surface area (Å²) in [4.78, 5) is 16.0. The number of nitro groups is 1. The lowest BCUT2D eigenvalue weighted by molar-refractivity contribution is -0.384. The average Bonchev–Trinajstić information content (AvgIpc) is 2.93.